The van der Waals surface area contributed by atoms with Crippen molar-refractivity contribution in [2.75, 3.05) is 33.0 Å². The van der Waals surface area contributed by atoms with Gasteiger partial charge >= 0.3 is 17.1 Å². The summed E-state index contributed by atoms with van der Waals surface area (Å²) in [5.74, 6) is 0. The molecular formula is C28H64N2O4Si2. The Labute approximate surface area is 227 Å². The second-order valence-corrected chi connectivity index (χ2v) is 17.5. The third kappa shape index (κ3) is 18.4. The molecule has 0 aliphatic heterocycles. The molecule has 0 aliphatic carbocycles. The van der Waals surface area contributed by atoms with Crippen LogP contribution in [0.2, 0.25) is 25.2 Å². The zero-order chi connectivity index (χ0) is 27.2. The van der Waals surface area contributed by atoms with Gasteiger partial charge in [-0.05, 0) is 97.9 Å². The Kier molecular flexibility index (Phi) is 22.2. The van der Waals surface area contributed by atoms with E-state index in [2.05, 4.69) is 40.8 Å². The highest BCUT2D eigenvalue weighted by atomic mass is 28.4. The van der Waals surface area contributed by atoms with Gasteiger partial charge in [-0.2, -0.15) is 0 Å². The van der Waals surface area contributed by atoms with E-state index < -0.39 is 17.1 Å². The van der Waals surface area contributed by atoms with Crippen LogP contribution in [-0.4, -0.2) is 55.6 Å². The predicted molar refractivity (Wildman–Crippen MR) is 160 cm³/mol. The molecule has 0 rings (SSSR count). The van der Waals surface area contributed by atoms with Crippen molar-refractivity contribution < 1.29 is 17.7 Å². The van der Waals surface area contributed by atoms with E-state index in [1.807, 2.05) is 0 Å². The second kappa shape index (κ2) is 22.1. The summed E-state index contributed by atoms with van der Waals surface area (Å²) in [5.41, 5.74) is 12.6. The lowest BCUT2D eigenvalue weighted by molar-refractivity contribution is 0.185. The molecule has 0 radical (unpaired) electrons. The normalized spacial score (nSPS) is 13.0. The summed E-state index contributed by atoms with van der Waals surface area (Å²) in [6.07, 6.45) is 17.0. The zero-order valence-electron chi connectivity index (χ0n) is 25.1. The van der Waals surface area contributed by atoms with Gasteiger partial charge < -0.3 is 29.2 Å². The lowest BCUT2D eigenvalue weighted by Gasteiger charge is -2.33. The van der Waals surface area contributed by atoms with E-state index in [4.69, 9.17) is 29.2 Å². The molecule has 0 atom stereocenters. The number of nitrogens with two attached hydrogens (primary N) is 2. The standard InChI is InChI=1S/C28H64N2O4Si2/c1-7-31-35(5,32-8-2)26-20-23-28(30,24-21-27-36(6,33-9-3)34-10-4)22-18-16-14-12-11-13-15-17-19-25-29/h7-27,29-30H2,1-6H3. The van der Waals surface area contributed by atoms with Crippen molar-refractivity contribution in [1.82, 2.24) is 0 Å². The van der Waals surface area contributed by atoms with Gasteiger partial charge in [-0.1, -0.05) is 51.4 Å². The first-order valence-electron chi connectivity index (χ1n) is 15.3. The largest absolute Gasteiger partial charge is 0.395 e. The molecule has 218 valence electrons. The fourth-order valence-electron chi connectivity index (χ4n) is 5.35. The van der Waals surface area contributed by atoms with Crippen molar-refractivity contribution in [3.05, 3.63) is 0 Å². The quantitative estimate of drug-likeness (QED) is 0.0821. The number of unbranched alkanes of at least 4 members (excludes halogenated alkanes) is 8. The van der Waals surface area contributed by atoms with E-state index in [1.165, 1.54) is 57.8 Å². The summed E-state index contributed by atoms with van der Waals surface area (Å²) in [5, 5.41) is 0. The monoisotopic (exact) mass is 548 g/mol. The van der Waals surface area contributed by atoms with Crippen molar-refractivity contribution in [3.63, 3.8) is 0 Å². The molecule has 8 heteroatoms. The van der Waals surface area contributed by atoms with Gasteiger partial charge in [0.05, 0.1) is 0 Å². The van der Waals surface area contributed by atoms with Gasteiger partial charge in [0.25, 0.3) is 0 Å². The minimum absolute atomic E-state index is 0.121. The van der Waals surface area contributed by atoms with E-state index >= 15 is 0 Å². The van der Waals surface area contributed by atoms with E-state index in [0.717, 1.165) is 77.2 Å². The van der Waals surface area contributed by atoms with Gasteiger partial charge in [-0.3, -0.25) is 0 Å². The van der Waals surface area contributed by atoms with Gasteiger partial charge in [0.2, 0.25) is 0 Å². The molecule has 4 N–H and O–H groups in total. The Morgan fingerprint density at radius 1 is 0.500 bits per heavy atom. The molecule has 0 aromatic rings. The summed E-state index contributed by atoms with van der Waals surface area (Å²) in [6.45, 7) is 16.4. The molecule has 0 saturated heterocycles. The smallest absolute Gasteiger partial charge is 0.334 e. The maximum absolute atomic E-state index is 7.12. The average molecular weight is 549 g/mol. The van der Waals surface area contributed by atoms with E-state index in [-0.39, 0.29) is 5.54 Å². The molecular weight excluding hydrogens is 484 g/mol. The third-order valence-electron chi connectivity index (χ3n) is 7.29. The van der Waals surface area contributed by atoms with Crippen molar-refractivity contribution in [3.8, 4) is 0 Å². The molecule has 0 saturated carbocycles. The molecule has 6 nitrogen and oxygen atoms in total. The molecule has 0 aromatic heterocycles. The summed E-state index contributed by atoms with van der Waals surface area (Å²) in [4.78, 5) is 0. The lowest BCUT2D eigenvalue weighted by atomic mass is 9.84. The van der Waals surface area contributed by atoms with Gasteiger partial charge in [-0.25, -0.2) is 0 Å². The minimum atomic E-state index is -2.09. The first-order valence-corrected chi connectivity index (χ1v) is 20.3. The number of hydrogen-bond acceptors (Lipinski definition) is 6. The number of rotatable bonds is 27. The van der Waals surface area contributed by atoms with Crippen molar-refractivity contribution >= 4 is 17.1 Å². The molecule has 0 aliphatic rings. The fraction of sp³-hybridized carbons (Fsp3) is 1.00. The van der Waals surface area contributed by atoms with Crippen LogP contribution in [0.5, 0.6) is 0 Å². The number of hydrogen-bond donors (Lipinski definition) is 2. The van der Waals surface area contributed by atoms with Crippen LogP contribution < -0.4 is 11.5 Å². The first-order chi connectivity index (χ1) is 17.2. The predicted octanol–water partition coefficient (Wildman–Crippen LogP) is 7.39. The van der Waals surface area contributed by atoms with Crippen LogP contribution in [-0.2, 0) is 17.7 Å². The molecule has 0 bridgehead atoms. The summed E-state index contributed by atoms with van der Waals surface area (Å²) < 4.78 is 24.3. The highest BCUT2D eigenvalue weighted by Crippen LogP contribution is 2.30. The van der Waals surface area contributed by atoms with Crippen LogP contribution in [0, 0.1) is 0 Å². The molecule has 0 spiro atoms. The van der Waals surface area contributed by atoms with Crippen molar-refractivity contribution in [2.45, 2.75) is 148 Å². The van der Waals surface area contributed by atoms with Crippen LogP contribution in [0.3, 0.4) is 0 Å². The van der Waals surface area contributed by atoms with Crippen LogP contribution in [0.15, 0.2) is 0 Å². The van der Waals surface area contributed by atoms with Gasteiger partial charge in [0, 0.05) is 32.0 Å². The maximum Gasteiger partial charge on any atom is 0.334 e. The topological polar surface area (TPSA) is 89.0 Å². The summed E-state index contributed by atoms with van der Waals surface area (Å²) in [7, 11) is -4.19. The van der Waals surface area contributed by atoms with Crippen LogP contribution in [0.25, 0.3) is 0 Å². The molecule has 0 heterocycles. The van der Waals surface area contributed by atoms with E-state index in [9.17, 15) is 0 Å². The molecule has 36 heavy (non-hydrogen) atoms. The molecule has 0 unspecified atom stereocenters. The minimum Gasteiger partial charge on any atom is -0.395 e. The first kappa shape index (κ1) is 36.2. The van der Waals surface area contributed by atoms with E-state index in [0.29, 0.717) is 0 Å². The second-order valence-electron chi connectivity index (χ2n) is 10.8. The van der Waals surface area contributed by atoms with Gasteiger partial charge in [0.15, 0.2) is 0 Å². The summed E-state index contributed by atoms with van der Waals surface area (Å²) in [6, 6.07) is 2.03. The maximum atomic E-state index is 7.12. The third-order valence-corrected chi connectivity index (χ3v) is 13.4. The van der Waals surface area contributed by atoms with Gasteiger partial charge in [0.1, 0.15) is 0 Å². The van der Waals surface area contributed by atoms with Crippen molar-refractivity contribution in [1.29, 1.82) is 0 Å². The Balaban J connectivity index is 4.74. The lowest BCUT2D eigenvalue weighted by Crippen LogP contribution is -2.43. The fourth-order valence-corrected chi connectivity index (χ4v) is 10.2. The van der Waals surface area contributed by atoms with Crippen LogP contribution >= 0.6 is 0 Å². The van der Waals surface area contributed by atoms with Crippen LogP contribution in [0.4, 0.5) is 0 Å². The molecule has 0 fully saturated rings. The van der Waals surface area contributed by atoms with Crippen molar-refractivity contribution in [2.24, 2.45) is 11.5 Å². The SMILES string of the molecule is CCO[Si](C)(CCCC(N)(CCCCCCCCCCCN)CCC[Si](C)(OCC)OCC)OCC. The molecule has 0 amide bonds. The Bertz CT molecular complexity index is 460. The zero-order valence-corrected chi connectivity index (χ0v) is 27.1. The molecule has 0 aromatic carbocycles. The Morgan fingerprint density at radius 2 is 0.806 bits per heavy atom. The summed E-state index contributed by atoms with van der Waals surface area (Å²) >= 11 is 0. The average Bonchev–Trinajstić information content (AvgIpc) is 2.81. The van der Waals surface area contributed by atoms with Crippen LogP contribution in [0.1, 0.15) is 118 Å². The van der Waals surface area contributed by atoms with E-state index in [1.54, 1.807) is 0 Å². The highest BCUT2D eigenvalue weighted by Gasteiger charge is 2.34. The Hall–Kier alpha value is 0.194. The Morgan fingerprint density at radius 3 is 1.14 bits per heavy atom. The highest BCUT2D eigenvalue weighted by molar-refractivity contribution is 6.66. The van der Waals surface area contributed by atoms with Gasteiger partial charge in [-0.15, -0.1) is 0 Å².